The SMILES string of the molecule is COc1cc2nccc(N3CCSC(NS(N)(=O)=O)C3)c2cc1OC. The Morgan fingerprint density at radius 3 is 2.72 bits per heavy atom. The van der Waals surface area contributed by atoms with E-state index in [9.17, 15) is 8.42 Å². The van der Waals surface area contributed by atoms with E-state index in [1.165, 1.54) is 11.8 Å². The van der Waals surface area contributed by atoms with Gasteiger partial charge < -0.3 is 14.4 Å². The number of ether oxygens (including phenoxy) is 2. The minimum Gasteiger partial charge on any atom is -0.493 e. The Hall–Kier alpha value is -1.75. The van der Waals surface area contributed by atoms with Gasteiger partial charge in [0.2, 0.25) is 0 Å². The van der Waals surface area contributed by atoms with Crippen LogP contribution in [0.4, 0.5) is 5.69 Å². The van der Waals surface area contributed by atoms with Crippen LogP contribution in [-0.4, -0.2) is 51.8 Å². The smallest absolute Gasteiger partial charge is 0.275 e. The number of rotatable bonds is 5. The second-order valence-electron chi connectivity index (χ2n) is 5.52. The molecule has 8 nitrogen and oxygen atoms in total. The van der Waals surface area contributed by atoms with Crippen molar-refractivity contribution in [3.63, 3.8) is 0 Å². The summed E-state index contributed by atoms with van der Waals surface area (Å²) in [6.45, 7) is 1.30. The number of fused-ring (bicyclic) bond motifs is 1. The Labute approximate surface area is 150 Å². The zero-order valence-corrected chi connectivity index (χ0v) is 15.6. The van der Waals surface area contributed by atoms with Crippen molar-refractivity contribution in [1.82, 2.24) is 9.71 Å². The van der Waals surface area contributed by atoms with Crippen molar-refractivity contribution in [3.8, 4) is 11.5 Å². The molecule has 3 rings (SSSR count). The van der Waals surface area contributed by atoms with Crippen LogP contribution in [0.1, 0.15) is 0 Å². The molecule has 2 heterocycles. The predicted octanol–water partition coefficient (Wildman–Crippen LogP) is 0.924. The third-order valence-electron chi connectivity index (χ3n) is 3.93. The molecular weight excluding hydrogens is 364 g/mol. The number of methoxy groups -OCH3 is 2. The fraction of sp³-hybridized carbons (Fsp3) is 0.400. The summed E-state index contributed by atoms with van der Waals surface area (Å²) in [6.07, 6.45) is 1.73. The molecule has 0 aliphatic carbocycles. The summed E-state index contributed by atoms with van der Waals surface area (Å²) in [7, 11) is -0.569. The summed E-state index contributed by atoms with van der Waals surface area (Å²) in [5.74, 6) is 2.02. The van der Waals surface area contributed by atoms with Crippen LogP contribution in [0.3, 0.4) is 0 Å². The van der Waals surface area contributed by atoms with E-state index in [2.05, 4.69) is 14.6 Å². The van der Waals surface area contributed by atoms with Crippen LogP contribution in [0.25, 0.3) is 10.9 Å². The van der Waals surface area contributed by atoms with E-state index in [1.54, 1.807) is 20.4 Å². The molecular formula is C15H20N4O4S2. The Morgan fingerprint density at radius 1 is 1.32 bits per heavy atom. The zero-order valence-electron chi connectivity index (χ0n) is 13.9. The van der Waals surface area contributed by atoms with Gasteiger partial charge in [0.25, 0.3) is 10.2 Å². The third kappa shape index (κ3) is 4.09. The number of nitrogens with zero attached hydrogens (tertiary/aromatic N) is 2. The molecule has 0 spiro atoms. The standard InChI is InChI=1S/C15H20N4O4S2/c1-22-13-7-10-11(8-14(13)23-2)17-4-3-12(10)19-5-6-24-15(9-19)18-25(16,20)21/h3-4,7-8,15,18H,5-6,9H2,1-2H3,(H2,16,20,21). The highest BCUT2D eigenvalue weighted by Gasteiger charge is 2.24. The van der Waals surface area contributed by atoms with E-state index in [1.807, 2.05) is 18.2 Å². The Morgan fingerprint density at radius 2 is 2.04 bits per heavy atom. The molecule has 1 atom stereocenters. The minimum atomic E-state index is -3.74. The van der Waals surface area contributed by atoms with Gasteiger partial charge in [0.15, 0.2) is 11.5 Å². The van der Waals surface area contributed by atoms with Crippen molar-refractivity contribution >= 4 is 38.6 Å². The molecule has 0 radical (unpaired) electrons. The van der Waals surface area contributed by atoms with E-state index >= 15 is 0 Å². The monoisotopic (exact) mass is 384 g/mol. The Balaban J connectivity index is 1.97. The van der Waals surface area contributed by atoms with Gasteiger partial charge in [-0.2, -0.15) is 13.1 Å². The predicted molar refractivity (Wildman–Crippen MR) is 99.5 cm³/mol. The number of anilines is 1. The number of hydrogen-bond donors (Lipinski definition) is 2. The van der Waals surface area contributed by atoms with Crippen molar-refractivity contribution in [2.24, 2.45) is 5.14 Å². The molecule has 1 aromatic heterocycles. The summed E-state index contributed by atoms with van der Waals surface area (Å²) < 4.78 is 35.8. The van der Waals surface area contributed by atoms with Crippen molar-refractivity contribution in [3.05, 3.63) is 24.4 Å². The lowest BCUT2D eigenvalue weighted by Crippen LogP contribution is -2.48. The highest BCUT2D eigenvalue weighted by molar-refractivity contribution is 8.00. The number of hydrogen-bond acceptors (Lipinski definition) is 7. The van der Waals surface area contributed by atoms with Crippen LogP contribution in [0.2, 0.25) is 0 Å². The van der Waals surface area contributed by atoms with Gasteiger partial charge in [-0.05, 0) is 12.1 Å². The number of pyridine rings is 1. The maximum Gasteiger partial charge on any atom is 0.275 e. The molecule has 10 heteroatoms. The van der Waals surface area contributed by atoms with Crippen LogP contribution >= 0.6 is 11.8 Å². The number of nitrogens with one attached hydrogen (secondary N) is 1. The molecule has 1 fully saturated rings. The summed E-state index contributed by atoms with van der Waals surface area (Å²) in [4.78, 5) is 6.52. The average Bonchev–Trinajstić information content (AvgIpc) is 2.58. The summed E-state index contributed by atoms with van der Waals surface area (Å²) in [5, 5.41) is 5.72. The molecule has 1 aromatic carbocycles. The van der Waals surface area contributed by atoms with Gasteiger partial charge in [-0.25, -0.2) is 5.14 Å². The third-order valence-corrected chi connectivity index (χ3v) is 5.78. The Kier molecular flexibility index (Phi) is 5.23. The van der Waals surface area contributed by atoms with Gasteiger partial charge in [-0.3, -0.25) is 4.98 Å². The number of benzene rings is 1. The molecule has 25 heavy (non-hydrogen) atoms. The number of aromatic nitrogens is 1. The summed E-state index contributed by atoms with van der Waals surface area (Å²) in [5.41, 5.74) is 1.75. The molecule has 2 aromatic rings. The maximum atomic E-state index is 11.3. The first-order valence-corrected chi connectivity index (χ1v) is 10.2. The van der Waals surface area contributed by atoms with Gasteiger partial charge >= 0.3 is 0 Å². The van der Waals surface area contributed by atoms with Crippen LogP contribution in [0.5, 0.6) is 11.5 Å². The fourth-order valence-corrected chi connectivity index (χ4v) is 4.87. The van der Waals surface area contributed by atoms with Gasteiger partial charge in [-0.1, -0.05) is 0 Å². The topological polar surface area (TPSA) is 107 Å². The molecule has 0 bridgehead atoms. The second kappa shape index (κ2) is 7.24. The van der Waals surface area contributed by atoms with Crippen LogP contribution in [0.15, 0.2) is 24.4 Å². The molecule has 1 saturated heterocycles. The summed E-state index contributed by atoms with van der Waals surface area (Å²) >= 11 is 1.54. The number of nitrogens with two attached hydrogens (primary N) is 1. The van der Waals surface area contributed by atoms with Crippen LogP contribution in [-0.2, 0) is 10.2 Å². The highest BCUT2D eigenvalue weighted by atomic mass is 32.2. The van der Waals surface area contributed by atoms with E-state index < -0.39 is 10.2 Å². The molecule has 0 saturated carbocycles. The fourth-order valence-electron chi connectivity index (χ4n) is 2.86. The van der Waals surface area contributed by atoms with Gasteiger partial charge in [0, 0.05) is 42.2 Å². The molecule has 0 amide bonds. The largest absolute Gasteiger partial charge is 0.493 e. The van der Waals surface area contributed by atoms with E-state index in [0.717, 1.165) is 28.9 Å². The highest BCUT2D eigenvalue weighted by Crippen LogP contribution is 2.36. The van der Waals surface area contributed by atoms with Crippen molar-refractivity contribution in [2.45, 2.75) is 5.37 Å². The molecule has 1 unspecified atom stereocenters. The van der Waals surface area contributed by atoms with Gasteiger partial charge in [0.1, 0.15) is 0 Å². The molecule has 136 valence electrons. The first-order valence-electron chi connectivity index (χ1n) is 7.58. The van der Waals surface area contributed by atoms with Crippen molar-refractivity contribution in [1.29, 1.82) is 0 Å². The molecule has 3 N–H and O–H groups in total. The minimum absolute atomic E-state index is 0.299. The molecule has 1 aliphatic rings. The van der Waals surface area contributed by atoms with E-state index in [-0.39, 0.29) is 5.37 Å². The van der Waals surface area contributed by atoms with E-state index in [0.29, 0.717) is 18.0 Å². The quantitative estimate of drug-likeness (QED) is 0.789. The average molecular weight is 384 g/mol. The van der Waals surface area contributed by atoms with Crippen molar-refractivity contribution < 1.29 is 17.9 Å². The van der Waals surface area contributed by atoms with E-state index in [4.69, 9.17) is 14.6 Å². The maximum absolute atomic E-state index is 11.3. The van der Waals surface area contributed by atoms with Crippen LogP contribution in [0, 0.1) is 0 Å². The summed E-state index contributed by atoms with van der Waals surface area (Å²) in [6, 6.07) is 5.63. The first-order chi connectivity index (χ1) is 11.9. The second-order valence-corrected chi connectivity index (χ2v) is 8.16. The lowest BCUT2D eigenvalue weighted by Gasteiger charge is -2.34. The Bertz CT molecular complexity index is 875. The van der Waals surface area contributed by atoms with Gasteiger partial charge in [0.05, 0.1) is 25.1 Å². The van der Waals surface area contributed by atoms with Gasteiger partial charge in [-0.15, -0.1) is 11.8 Å². The zero-order chi connectivity index (χ0) is 18.0. The lowest BCUT2D eigenvalue weighted by molar-refractivity contribution is 0.356. The first kappa shape index (κ1) is 18.1. The van der Waals surface area contributed by atoms with Crippen LogP contribution < -0.4 is 24.2 Å². The molecule has 1 aliphatic heterocycles. The normalized spacial score (nSPS) is 18.4. The lowest BCUT2D eigenvalue weighted by atomic mass is 10.1. The number of thioether (sulfide) groups is 1. The van der Waals surface area contributed by atoms with Crippen molar-refractivity contribution in [2.75, 3.05) is 38.0 Å².